The van der Waals surface area contributed by atoms with E-state index in [9.17, 15) is 0 Å². The minimum absolute atomic E-state index is 0.654. The highest BCUT2D eigenvalue weighted by atomic mass is 35.5. The molecule has 0 aliphatic heterocycles. The van der Waals surface area contributed by atoms with Crippen LogP contribution < -0.4 is 0 Å². The molecule has 0 atom stereocenters. The predicted octanol–water partition coefficient (Wildman–Crippen LogP) is 4.74. The Balaban J connectivity index is 2.06. The fraction of sp³-hybridized carbons (Fsp3) is 0.133. The van der Waals surface area contributed by atoms with E-state index in [2.05, 4.69) is 30.3 Å². The van der Waals surface area contributed by atoms with Crippen molar-refractivity contribution in [3.05, 3.63) is 54.1 Å². The summed E-state index contributed by atoms with van der Waals surface area (Å²) in [5, 5.41) is 1.08. The summed E-state index contributed by atoms with van der Waals surface area (Å²) >= 11 is 7.50. The van der Waals surface area contributed by atoms with Crippen molar-refractivity contribution in [1.29, 1.82) is 0 Å². The molecule has 3 rings (SSSR count). The zero-order valence-corrected chi connectivity index (χ0v) is 11.3. The van der Waals surface area contributed by atoms with Gasteiger partial charge in [0.1, 0.15) is 5.01 Å². The third-order valence-corrected chi connectivity index (χ3v) is 4.13. The Kier molecular flexibility index (Phi) is 3.31. The van der Waals surface area contributed by atoms with Gasteiger partial charge >= 0.3 is 0 Å². The van der Waals surface area contributed by atoms with Crippen molar-refractivity contribution in [3.8, 4) is 10.6 Å². The number of alkyl halides is 1. The minimum Gasteiger partial charge on any atom is -0.236 e. The van der Waals surface area contributed by atoms with Gasteiger partial charge < -0.3 is 0 Å². The van der Waals surface area contributed by atoms with Gasteiger partial charge in [-0.2, -0.15) is 0 Å². The molecule has 0 N–H and O–H groups in total. The number of thiazole rings is 1. The van der Waals surface area contributed by atoms with Crippen LogP contribution in [0.4, 0.5) is 0 Å². The van der Waals surface area contributed by atoms with Gasteiger partial charge in [-0.25, -0.2) is 4.98 Å². The van der Waals surface area contributed by atoms with Gasteiger partial charge in [0.15, 0.2) is 0 Å². The third-order valence-electron chi connectivity index (χ3n) is 2.86. The second-order valence-corrected chi connectivity index (χ2v) is 5.53. The van der Waals surface area contributed by atoms with Crippen LogP contribution in [0.5, 0.6) is 0 Å². The van der Waals surface area contributed by atoms with Crippen LogP contribution in [0, 0.1) is 0 Å². The summed E-state index contributed by atoms with van der Waals surface area (Å²) < 4.78 is 1.23. The second kappa shape index (κ2) is 5.09. The lowest BCUT2D eigenvalue weighted by Crippen LogP contribution is -1.84. The number of aromatic nitrogens is 1. The van der Waals surface area contributed by atoms with Gasteiger partial charge in [0.25, 0.3) is 0 Å². The molecule has 0 bridgehead atoms. The van der Waals surface area contributed by atoms with E-state index in [0.29, 0.717) is 5.88 Å². The van der Waals surface area contributed by atoms with Crippen molar-refractivity contribution in [2.75, 3.05) is 5.88 Å². The first-order chi connectivity index (χ1) is 8.86. The Hall–Kier alpha value is -1.38. The Morgan fingerprint density at radius 3 is 2.67 bits per heavy atom. The first-order valence-electron chi connectivity index (χ1n) is 5.87. The van der Waals surface area contributed by atoms with Gasteiger partial charge in [-0.05, 0) is 24.1 Å². The number of nitrogens with zero attached hydrogens (tertiary/aromatic N) is 1. The van der Waals surface area contributed by atoms with E-state index in [1.54, 1.807) is 11.3 Å². The van der Waals surface area contributed by atoms with E-state index in [0.717, 1.165) is 16.9 Å². The molecule has 1 heterocycles. The molecule has 0 aliphatic rings. The van der Waals surface area contributed by atoms with Crippen LogP contribution in [0.3, 0.4) is 0 Å². The van der Waals surface area contributed by atoms with E-state index >= 15 is 0 Å². The summed E-state index contributed by atoms with van der Waals surface area (Å²) in [6.45, 7) is 0. The van der Waals surface area contributed by atoms with E-state index in [1.807, 2.05) is 18.2 Å². The van der Waals surface area contributed by atoms with Crippen molar-refractivity contribution >= 4 is 33.2 Å². The Bertz CT molecular complexity index is 661. The first-order valence-corrected chi connectivity index (χ1v) is 7.23. The zero-order chi connectivity index (χ0) is 12.4. The van der Waals surface area contributed by atoms with Crippen molar-refractivity contribution < 1.29 is 0 Å². The topological polar surface area (TPSA) is 12.9 Å². The summed E-state index contributed by atoms with van der Waals surface area (Å²) in [6, 6.07) is 16.7. The van der Waals surface area contributed by atoms with Crippen LogP contribution in [0.25, 0.3) is 20.8 Å². The quantitative estimate of drug-likeness (QED) is 0.628. The van der Waals surface area contributed by atoms with Crippen molar-refractivity contribution in [1.82, 2.24) is 4.98 Å². The number of benzene rings is 2. The molecule has 18 heavy (non-hydrogen) atoms. The molecule has 3 heteroatoms. The highest BCUT2D eigenvalue weighted by Crippen LogP contribution is 2.30. The maximum Gasteiger partial charge on any atom is 0.124 e. The summed E-state index contributed by atoms with van der Waals surface area (Å²) in [7, 11) is 0. The molecule has 0 amide bonds. The first kappa shape index (κ1) is 11.7. The number of halogens is 1. The van der Waals surface area contributed by atoms with Crippen LogP contribution in [0.15, 0.2) is 48.5 Å². The molecule has 0 spiro atoms. The maximum absolute atomic E-state index is 5.77. The molecule has 0 aliphatic carbocycles. The highest BCUT2D eigenvalue weighted by Gasteiger charge is 2.06. The number of fused-ring (bicyclic) bond motifs is 1. The van der Waals surface area contributed by atoms with Crippen molar-refractivity contribution in [3.63, 3.8) is 0 Å². The van der Waals surface area contributed by atoms with Crippen molar-refractivity contribution in [2.24, 2.45) is 0 Å². The van der Waals surface area contributed by atoms with E-state index in [4.69, 9.17) is 16.6 Å². The summed E-state index contributed by atoms with van der Waals surface area (Å²) in [5.41, 5.74) is 3.50. The predicted molar refractivity (Wildman–Crippen MR) is 79.5 cm³/mol. The summed E-state index contributed by atoms with van der Waals surface area (Å²) in [5.74, 6) is 0.654. The highest BCUT2D eigenvalue weighted by molar-refractivity contribution is 7.21. The van der Waals surface area contributed by atoms with E-state index in [-0.39, 0.29) is 0 Å². The molecule has 1 nitrogen and oxygen atoms in total. The minimum atomic E-state index is 0.654. The van der Waals surface area contributed by atoms with Crippen LogP contribution in [-0.4, -0.2) is 10.9 Å². The number of hydrogen-bond acceptors (Lipinski definition) is 2. The van der Waals surface area contributed by atoms with Gasteiger partial charge in [-0.1, -0.05) is 36.4 Å². The molecule has 0 fully saturated rings. The lowest BCUT2D eigenvalue weighted by molar-refractivity contribution is 1.15. The smallest absolute Gasteiger partial charge is 0.124 e. The molecule has 90 valence electrons. The van der Waals surface area contributed by atoms with Crippen LogP contribution in [0.2, 0.25) is 0 Å². The lowest BCUT2D eigenvalue weighted by atomic mass is 10.1. The second-order valence-electron chi connectivity index (χ2n) is 4.13. The van der Waals surface area contributed by atoms with Crippen molar-refractivity contribution in [2.45, 2.75) is 6.42 Å². The summed E-state index contributed by atoms with van der Waals surface area (Å²) in [6.07, 6.45) is 0.899. The van der Waals surface area contributed by atoms with Gasteiger partial charge in [-0.15, -0.1) is 22.9 Å². The zero-order valence-electron chi connectivity index (χ0n) is 9.77. The molecule has 0 radical (unpaired) electrons. The largest absolute Gasteiger partial charge is 0.236 e. The van der Waals surface area contributed by atoms with Crippen LogP contribution in [0.1, 0.15) is 5.56 Å². The molecule has 1 aromatic heterocycles. The fourth-order valence-corrected chi connectivity index (χ4v) is 3.11. The SMILES string of the molecule is ClCCc1ccc2sc(-c3ccccc3)nc2c1. The Morgan fingerprint density at radius 1 is 1.06 bits per heavy atom. The monoisotopic (exact) mass is 273 g/mol. The molecule has 0 saturated carbocycles. The van der Waals surface area contributed by atoms with Crippen LogP contribution in [-0.2, 0) is 6.42 Å². The fourth-order valence-electron chi connectivity index (χ4n) is 1.94. The molecule has 0 unspecified atom stereocenters. The van der Waals surface area contributed by atoms with Gasteiger partial charge in [0.2, 0.25) is 0 Å². The molecular formula is C15H12ClNS. The third kappa shape index (κ3) is 2.26. The lowest BCUT2D eigenvalue weighted by Gasteiger charge is -1.95. The molecule has 0 saturated heterocycles. The van der Waals surface area contributed by atoms with E-state index < -0.39 is 0 Å². The standard InChI is InChI=1S/C15H12ClNS/c16-9-8-11-6-7-14-13(10-11)17-15(18-14)12-4-2-1-3-5-12/h1-7,10H,8-9H2. The normalized spacial score (nSPS) is 10.9. The van der Waals surface area contributed by atoms with Gasteiger partial charge in [0.05, 0.1) is 10.2 Å². The number of hydrogen-bond donors (Lipinski definition) is 0. The Labute approximate surface area is 115 Å². The van der Waals surface area contributed by atoms with Crippen LogP contribution >= 0.6 is 22.9 Å². The average Bonchev–Trinajstić information content (AvgIpc) is 2.83. The average molecular weight is 274 g/mol. The molecule has 2 aromatic carbocycles. The summed E-state index contributed by atoms with van der Waals surface area (Å²) in [4.78, 5) is 4.70. The number of aryl methyl sites for hydroxylation is 1. The molecular weight excluding hydrogens is 262 g/mol. The molecule has 3 aromatic rings. The number of rotatable bonds is 3. The van der Waals surface area contributed by atoms with Gasteiger partial charge in [0, 0.05) is 11.4 Å². The van der Waals surface area contributed by atoms with Gasteiger partial charge in [-0.3, -0.25) is 0 Å². The maximum atomic E-state index is 5.77. The van der Waals surface area contributed by atoms with E-state index in [1.165, 1.54) is 15.8 Å². The Morgan fingerprint density at radius 2 is 1.89 bits per heavy atom.